The second-order valence-corrected chi connectivity index (χ2v) is 7.00. The second kappa shape index (κ2) is 11.2. The van der Waals surface area contributed by atoms with Crippen molar-refractivity contribution < 1.29 is 9.15 Å². The minimum Gasteiger partial charge on any atom is -0.494 e. The first-order valence-electron chi connectivity index (χ1n) is 9.11. The molecule has 7 heteroatoms. The number of hydrogen-bond donors (Lipinski definition) is 2. The molecule has 2 rings (SSSR count). The highest BCUT2D eigenvalue weighted by molar-refractivity contribution is 14.0. The largest absolute Gasteiger partial charge is 0.494 e. The zero-order chi connectivity index (χ0) is 19.0. The van der Waals surface area contributed by atoms with Gasteiger partial charge < -0.3 is 19.8 Å². The van der Waals surface area contributed by atoms with Gasteiger partial charge in [-0.3, -0.25) is 0 Å². The van der Waals surface area contributed by atoms with E-state index < -0.39 is 0 Å². The van der Waals surface area contributed by atoms with Crippen molar-refractivity contribution in [3.05, 3.63) is 47.7 Å². The van der Waals surface area contributed by atoms with Crippen LogP contribution in [0.5, 0.6) is 5.75 Å². The van der Waals surface area contributed by atoms with Crippen LogP contribution in [0.3, 0.4) is 0 Å². The summed E-state index contributed by atoms with van der Waals surface area (Å²) in [6.07, 6.45) is 1.79. The lowest BCUT2D eigenvalue weighted by Gasteiger charge is -2.13. The Balaban J connectivity index is 0.00000364. The van der Waals surface area contributed by atoms with Crippen LogP contribution < -0.4 is 15.4 Å². The molecule has 0 fully saturated rings. The number of guanidine groups is 1. The molecule has 1 aromatic carbocycles. The van der Waals surface area contributed by atoms with Crippen LogP contribution in [0.4, 0.5) is 0 Å². The van der Waals surface area contributed by atoms with Crippen LogP contribution in [0.15, 0.2) is 39.9 Å². The van der Waals surface area contributed by atoms with Crippen LogP contribution >= 0.6 is 24.0 Å². The fourth-order valence-corrected chi connectivity index (χ4v) is 2.31. The summed E-state index contributed by atoms with van der Waals surface area (Å²) in [7, 11) is 0. The molecule has 0 radical (unpaired) electrons. The van der Waals surface area contributed by atoms with Crippen LogP contribution in [-0.4, -0.2) is 24.1 Å². The van der Waals surface area contributed by atoms with Crippen molar-refractivity contribution in [2.75, 3.05) is 13.2 Å². The molecule has 2 aromatic rings. The molecule has 150 valence electrons. The zero-order valence-electron chi connectivity index (χ0n) is 16.8. The highest BCUT2D eigenvalue weighted by Crippen LogP contribution is 2.22. The number of aliphatic imine (C=N–C) groups is 1. The zero-order valence-corrected chi connectivity index (χ0v) is 19.2. The lowest BCUT2D eigenvalue weighted by Crippen LogP contribution is -2.36. The summed E-state index contributed by atoms with van der Waals surface area (Å²) in [6, 6.07) is 7.99. The number of hydrogen-bond acceptors (Lipinski definition) is 4. The van der Waals surface area contributed by atoms with Crippen molar-refractivity contribution >= 4 is 29.9 Å². The summed E-state index contributed by atoms with van der Waals surface area (Å²) in [5.74, 6) is 3.13. The van der Waals surface area contributed by atoms with Crippen LogP contribution in [0, 0.1) is 0 Å². The summed E-state index contributed by atoms with van der Waals surface area (Å²) in [5.41, 5.74) is 1.05. The average Bonchev–Trinajstić information content (AvgIpc) is 3.07. The predicted octanol–water partition coefficient (Wildman–Crippen LogP) is 4.24. The SMILES string of the molecule is CCNC(=NCc1cccc(OCC)c1)NCc1ncc(C(C)(C)C)o1.I. The molecule has 6 nitrogen and oxygen atoms in total. The van der Waals surface area contributed by atoms with E-state index in [0.29, 0.717) is 25.6 Å². The Morgan fingerprint density at radius 2 is 2.00 bits per heavy atom. The van der Waals surface area contributed by atoms with E-state index in [4.69, 9.17) is 9.15 Å². The third kappa shape index (κ3) is 7.78. The lowest BCUT2D eigenvalue weighted by atomic mass is 9.94. The molecule has 0 saturated carbocycles. The molecule has 0 aliphatic rings. The number of benzene rings is 1. The fraction of sp³-hybridized carbons (Fsp3) is 0.500. The number of nitrogens with one attached hydrogen (secondary N) is 2. The van der Waals surface area contributed by atoms with Crippen molar-refractivity contribution in [2.45, 2.75) is 53.1 Å². The third-order valence-corrected chi connectivity index (χ3v) is 3.67. The molecule has 1 aromatic heterocycles. The molecular weight excluding hydrogens is 455 g/mol. The normalized spacial score (nSPS) is 11.7. The van der Waals surface area contributed by atoms with Crippen LogP contribution in [0.1, 0.15) is 51.8 Å². The van der Waals surface area contributed by atoms with E-state index in [1.807, 2.05) is 38.1 Å². The maximum Gasteiger partial charge on any atom is 0.213 e. The summed E-state index contributed by atoms with van der Waals surface area (Å²) in [6.45, 7) is 12.8. The van der Waals surface area contributed by atoms with E-state index in [-0.39, 0.29) is 29.4 Å². The monoisotopic (exact) mass is 486 g/mol. The van der Waals surface area contributed by atoms with Gasteiger partial charge in [-0.25, -0.2) is 9.98 Å². The van der Waals surface area contributed by atoms with Crippen molar-refractivity contribution in [3.8, 4) is 5.75 Å². The maximum atomic E-state index is 5.81. The van der Waals surface area contributed by atoms with Crippen molar-refractivity contribution in [3.63, 3.8) is 0 Å². The molecule has 2 N–H and O–H groups in total. The van der Waals surface area contributed by atoms with Gasteiger partial charge in [0.15, 0.2) is 5.96 Å². The third-order valence-electron chi connectivity index (χ3n) is 3.67. The number of ether oxygens (including phenoxy) is 1. The number of rotatable bonds is 7. The standard InChI is InChI=1S/C20H30N4O2.HI/c1-6-21-19(23-12-15-9-8-10-16(11-15)25-7-2)24-14-18-22-13-17(26-18)20(3,4)5;/h8-11,13H,6-7,12,14H2,1-5H3,(H2,21,23,24);1H. The Hall–Kier alpha value is -1.77. The van der Waals surface area contributed by atoms with Gasteiger partial charge in [-0.05, 0) is 31.5 Å². The van der Waals surface area contributed by atoms with Gasteiger partial charge >= 0.3 is 0 Å². The van der Waals surface area contributed by atoms with Gasteiger partial charge in [0.1, 0.15) is 11.5 Å². The van der Waals surface area contributed by atoms with Gasteiger partial charge in [-0.15, -0.1) is 24.0 Å². The van der Waals surface area contributed by atoms with Crippen molar-refractivity contribution in [1.82, 2.24) is 15.6 Å². The molecule has 0 spiro atoms. The minimum atomic E-state index is -0.0462. The van der Waals surface area contributed by atoms with Crippen molar-refractivity contribution in [1.29, 1.82) is 0 Å². The molecule has 1 heterocycles. The van der Waals surface area contributed by atoms with Gasteiger partial charge in [0, 0.05) is 12.0 Å². The maximum absolute atomic E-state index is 5.81. The number of halogens is 1. The number of oxazole rings is 1. The highest BCUT2D eigenvalue weighted by Gasteiger charge is 2.19. The Labute approximate surface area is 179 Å². The molecule has 0 aliphatic heterocycles. The topological polar surface area (TPSA) is 71.7 Å². The first kappa shape index (κ1) is 23.3. The summed E-state index contributed by atoms with van der Waals surface area (Å²) >= 11 is 0. The van der Waals surface area contributed by atoms with Crippen molar-refractivity contribution in [2.24, 2.45) is 4.99 Å². The number of aromatic nitrogens is 1. The van der Waals surface area contributed by atoms with Crippen LogP contribution in [0.25, 0.3) is 0 Å². The van der Waals surface area contributed by atoms with Gasteiger partial charge in [0.05, 0.1) is 25.9 Å². The Bertz CT molecular complexity index is 723. The molecule has 27 heavy (non-hydrogen) atoms. The van der Waals surface area contributed by atoms with E-state index in [9.17, 15) is 0 Å². The summed E-state index contributed by atoms with van der Waals surface area (Å²) in [4.78, 5) is 8.96. The molecule has 0 aliphatic carbocycles. The second-order valence-electron chi connectivity index (χ2n) is 7.00. The van der Waals surface area contributed by atoms with Gasteiger partial charge in [0.2, 0.25) is 5.89 Å². The Kier molecular flexibility index (Phi) is 9.62. The van der Waals surface area contributed by atoms with E-state index in [1.54, 1.807) is 6.20 Å². The van der Waals surface area contributed by atoms with Gasteiger partial charge in [-0.2, -0.15) is 0 Å². The van der Waals surface area contributed by atoms with E-state index in [0.717, 1.165) is 29.6 Å². The minimum absolute atomic E-state index is 0. The van der Waals surface area contributed by atoms with E-state index in [1.165, 1.54) is 0 Å². The van der Waals surface area contributed by atoms with Gasteiger partial charge in [-0.1, -0.05) is 32.9 Å². The average molecular weight is 486 g/mol. The van der Waals surface area contributed by atoms with E-state index in [2.05, 4.69) is 41.4 Å². The molecular formula is C20H31IN4O2. The lowest BCUT2D eigenvalue weighted by molar-refractivity contribution is 0.340. The van der Waals surface area contributed by atoms with Crippen LogP contribution in [0.2, 0.25) is 0 Å². The molecule has 0 bridgehead atoms. The number of nitrogens with zero attached hydrogens (tertiary/aromatic N) is 2. The molecule has 0 unspecified atom stereocenters. The molecule has 0 atom stereocenters. The summed E-state index contributed by atoms with van der Waals surface area (Å²) < 4.78 is 11.3. The quantitative estimate of drug-likeness (QED) is 0.348. The first-order valence-corrected chi connectivity index (χ1v) is 9.11. The fourth-order valence-electron chi connectivity index (χ4n) is 2.31. The molecule has 0 amide bonds. The van der Waals surface area contributed by atoms with Crippen LogP contribution in [-0.2, 0) is 18.5 Å². The summed E-state index contributed by atoms with van der Waals surface area (Å²) in [5, 5.41) is 6.50. The highest BCUT2D eigenvalue weighted by atomic mass is 127. The van der Waals surface area contributed by atoms with Gasteiger partial charge in [0.25, 0.3) is 0 Å². The van der Waals surface area contributed by atoms with E-state index >= 15 is 0 Å². The Morgan fingerprint density at radius 1 is 1.22 bits per heavy atom. The first-order chi connectivity index (χ1) is 12.4. The predicted molar refractivity (Wildman–Crippen MR) is 120 cm³/mol. The Morgan fingerprint density at radius 3 is 2.63 bits per heavy atom. The molecule has 0 saturated heterocycles. The smallest absolute Gasteiger partial charge is 0.213 e.